The second-order valence-electron chi connectivity index (χ2n) is 5.34. The van der Waals surface area contributed by atoms with Gasteiger partial charge in [-0.2, -0.15) is 0 Å². The molecule has 1 fully saturated rings. The van der Waals surface area contributed by atoms with Crippen LogP contribution in [0.25, 0.3) is 0 Å². The van der Waals surface area contributed by atoms with E-state index in [0.29, 0.717) is 22.3 Å². The monoisotopic (exact) mass is 295 g/mol. The highest BCUT2D eigenvalue weighted by atomic mass is 35.5. The molecular weight excluding hydrogens is 274 g/mol. The summed E-state index contributed by atoms with van der Waals surface area (Å²) in [7, 11) is 0. The molecule has 110 valence electrons. The standard InChI is InChI=1S/C15H22ClN3O/c1-2-7-17-14-13(16)8-12(10-18-14)15(20)19-9-11-5-3-4-6-11/h8,10-11H,2-7,9H2,1H3,(H,17,18)(H,19,20). The predicted octanol–water partition coefficient (Wildman–Crippen LogP) is 3.48. The van der Waals surface area contributed by atoms with Crippen molar-refractivity contribution in [1.29, 1.82) is 0 Å². The Bertz CT molecular complexity index is 458. The molecule has 4 nitrogen and oxygen atoms in total. The van der Waals surface area contributed by atoms with E-state index < -0.39 is 0 Å². The number of anilines is 1. The van der Waals surface area contributed by atoms with Crippen molar-refractivity contribution in [3.63, 3.8) is 0 Å². The molecule has 0 spiro atoms. The van der Waals surface area contributed by atoms with E-state index in [2.05, 4.69) is 22.5 Å². The topological polar surface area (TPSA) is 54.0 Å². The number of nitrogens with zero attached hydrogens (tertiary/aromatic N) is 1. The lowest BCUT2D eigenvalue weighted by Gasteiger charge is -2.11. The minimum atomic E-state index is -0.0895. The Morgan fingerprint density at radius 2 is 2.20 bits per heavy atom. The average Bonchev–Trinajstić information content (AvgIpc) is 2.96. The molecule has 1 heterocycles. The van der Waals surface area contributed by atoms with E-state index in [0.717, 1.165) is 19.5 Å². The molecular formula is C15H22ClN3O. The number of pyridine rings is 1. The van der Waals surface area contributed by atoms with E-state index in [-0.39, 0.29) is 5.91 Å². The Morgan fingerprint density at radius 3 is 2.85 bits per heavy atom. The SMILES string of the molecule is CCCNc1ncc(C(=O)NCC2CCCC2)cc1Cl. The summed E-state index contributed by atoms with van der Waals surface area (Å²) in [6.45, 7) is 3.65. The molecule has 0 aliphatic heterocycles. The fourth-order valence-corrected chi connectivity index (χ4v) is 2.72. The minimum Gasteiger partial charge on any atom is -0.369 e. The number of amides is 1. The van der Waals surface area contributed by atoms with Gasteiger partial charge in [0.2, 0.25) is 0 Å². The Kier molecular flexibility index (Phi) is 5.65. The molecule has 1 aliphatic rings. The highest BCUT2D eigenvalue weighted by molar-refractivity contribution is 6.33. The molecule has 1 aromatic rings. The van der Waals surface area contributed by atoms with Gasteiger partial charge >= 0.3 is 0 Å². The maximum atomic E-state index is 12.0. The zero-order chi connectivity index (χ0) is 14.4. The fourth-order valence-electron chi connectivity index (χ4n) is 2.49. The van der Waals surface area contributed by atoms with Crippen molar-refractivity contribution < 1.29 is 4.79 Å². The van der Waals surface area contributed by atoms with Crippen LogP contribution in [-0.2, 0) is 0 Å². The molecule has 1 saturated carbocycles. The Balaban J connectivity index is 1.90. The molecule has 0 saturated heterocycles. The van der Waals surface area contributed by atoms with Gasteiger partial charge in [0.05, 0.1) is 10.6 Å². The Labute approximate surface area is 125 Å². The molecule has 2 rings (SSSR count). The lowest BCUT2D eigenvalue weighted by Crippen LogP contribution is -2.28. The number of halogens is 1. The van der Waals surface area contributed by atoms with Crippen molar-refractivity contribution in [2.75, 3.05) is 18.4 Å². The summed E-state index contributed by atoms with van der Waals surface area (Å²) in [5.74, 6) is 1.18. The second kappa shape index (κ2) is 7.48. The third kappa shape index (κ3) is 4.10. The molecule has 5 heteroatoms. The number of hydrogen-bond donors (Lipinski definition) is 2. The van der Waals surface area contributed by atoms with Crippen molar-refractivity contribution in [3.05, 3.63) is 22.8 Å². The van der Waals surface area contributed by atoms with Gasteiger partial charge in [0.1, 0.15) is 5.82 Å². The van der Waals surface area contributed by atoms with Crippen LogP contribution in [0.3, 0.4) is 0 Å². The van der Waals surface area contributed by atoms with Crippen LogP contribution in [0.4, 0.5) is 5.82 Å². The van der Waals surface area contributed by atoms with E-state index in [1.807, 2.05) is 0 Å². The van der Waals surface area contributed by atoms with Crippen LogP contribution in [0.2, 0.25) is 5.02 Å². The lowest BCUT2D eigenvalue weighted by molar-refractivity contribution is 0.0947. The summed E-state index contributed by atoms with van der Waals surface area (Å²) in [4.78, 5) is 16.3. The second-order valence-corrected chi connectivity index (χ2v) is 5.75. The lowest BCUT2D eigenvalue weighted by atomic mass is 10.1. The number of rotatable bonds is 6. The van der Waals surface area contributed by atoms with Crippen LogP contribution in [0.15, 0.2) is 12.3 Å². The van der Waals surface area contributed by atoms with E-state index in [9.17, 15) is 4.79 Å². The summed E-state index contributed by atoms with van der Waals surface area (Å²) in [6, 6.07) is 1.68. The van der Waals surface area contributed by atoms with Gasteiger partial charge in [0.15, 0.2) is 0 Å². The number of hydrogen-bond acceptors (Lipinski definition) is 3. The van der Waals surface area contributed by atoms with Gasteiger partial charge in [-0.25, -0.2) is 4.98 Å². The molecule has 0 radical (unpaired) electrons. The van der Waals surface area contributed by atoms with Crippen LogP contribution in [0.5, 0.6) is 0 Å². The van der Waals surface area contributed by atoms with Gasteiger partial charge in [-0.3, -0.25) is 4.79 Å². The average molecular weight is 296 g/mol. The van der Waals surface area contributed by atoms with E-state index in [4.69, 9.17) is 11.6 Å². The Hall–Kier alpha value is -1.29. The molecule has 0 aromatic carbocycles. The van der Waals surface area contributed by atoms with Gasteiger partial charge in [-0.05, 0) is 31.2 Å². The number of aromatic nitrogens is 1. The fraction of sp³-hybridized carbons (Fsp3) is 0.600. The zero-order valence-electron chi connectivity index (χ0n) is 11.9. The Morgan fingerprint density at radius 1 is 1.45 bits per heavy atom. The number of carbonyl (C=O) groups excluding carboxylic acids is 1. The van der Waals surface area contributed by atoms with E-state index >= 15 is 0 Å². The van der Waals surface area contributed by atoms with Gasteiger partial charge < -0.3 is 10.6 Å². The van der Waals surface area contributed by atoms with Crippen LogP contribution < -0.4 is 10.6 Å². The highest BCUT2D eigenvalue weighted by Crippen LogP contribution is 2.24. The summed E-state index contributed by atoms with van der Waals surface area (Å²) in [5.41, 5.74) is 0.523. The summed E-state index contributed by atoms with van der Waals surface area (Å²) < 4.78 is 0. The molecule has 1 amide bonds. The van der Waals surface area contributed by atoms with E-state index in [1.54, 1.807) is 12.3 Å². The molecule has 0 atom stereocenters. The largest absolute Gasteiger partial charge is 0.369 e. The third-order valence-corrected chi connectivity index (χ3v) is 3.96. The van der Waals surface area contributed by atoms with Crippen LogP contribution in [0, 0.1) is 5.92 Å². The maximum Gasteiger partial charge on any atom is 0.252 e. The normalized spacial score (nSPS) is 15.3. The smallest absolute Gasteiger partial charge is 0.252 e. The van der Waals surface area contributed by atoms with Crippen LogP contribution >= 0.6 is 11.6 Å². The van der Waals surface area contributed by atoms with E-state index in [1.165, 1.54) is 25.7 Å². The highest BCUT2D eigenvalue weighted by Gasteiger charge is 2.16. The first-order chi connectivity index (χ1) is 9.70. The first kappa shape index (κ1) is 15.1. The van der Waals surface area contributed by atoms with Gasteiger partial charge in [0, 0.05) is 19.3 Å². The van der Waals surface area contributed by atoms with Gasteiger partial charge in [0.25, 0.3) is 5.91 Å². The van der Waals surface area contributed by atoms with Crippen LogP contribution in [-0.4, -0.2) is 24.0 Å². The summed E-state index contributed by atoms with van der Waals surface area (Å²) in [6.07, 6.45) is 7.59. The number of carbonyl (C=O) groups is 1. The summed E-state index contributed by atoms with van der Waals surface area (Å²) >= 11 is 6.13. The van der Waals surface area contributed by atoms with Gasteiger partial charge in [-0.15, -0.1) is 0 Å². The summed E-state index contributed by atoms with van der Waals surface area (Å²) in [5, 5.41) is 6.60. The molecule has 0 bridgehead atoms. The van der Waals surface area contributed by atoms with Crippen molar-refractivity contribution >= 4 is 23.3 Å². The maximum absolute atomic E-state index is 12.0. The van der Waals surface area contributed by atoms with Crippen LogP contribution in [0.1, 0.15) is 49.4 Å². The molecule has 20 heavy (non-hydrogen) atoms. The first-order valence-corrected chi connectivity index (χ1v) is 7.76. The van der Waals surface area contributed by atoms with Crippen molar-refractivity contribution in [2.45, 2.75) is 39.0 Å². The van der Waals surface area contributed by atoms with Gasteiger partial charge in [-0.1, -0.05) is 31.4 Å². The predicted molar refractivity (Wildman–Crippen MR) is 82.3 cm³/mol. The van der Waals surface area contributed by atoms with Crippen molar-refractivity contribution in [3.8, 4) is 0 Å². The molecule has 1 aromatic heterocycles. The molecule has 1 aliphatic carbocycles. The quantitative estimate of drug-likeness (QED) is 0.845. The zero-order valence-corrected chi connectivity index (χ0v) is 12.7. The number of nitrogens with one attached hydrogen (secondary N) is 2. The molecule has 2 N–H and O–H groups in total. The van der Waals surface area contributed by atoms with Crippen molar-refractivity contribution in [2.24, 2.45) is 5.92 Å². The van der Waals surface area contributed by atoms with Crippen molar-refractivity contribution in [1.82, 2.24) is 10.3 Å². The first-order valence-electron chi connectivity index (χ1n) is 7.38. The third-order valence-electron chi connectivity index (χ3n) is 3.67. The minimum absolute atomic E-state index is 0.0895. The molecule has 0 unspecified atom stereocenters.